The topological polar surface area (TPSA) is 102 Å². The second kappa shape index (κ2) is 8.13. The number of methoxy groups -OCH3 is 1. The molecule has 0 saturated carbocycles. The van der Waals surface area contributed by atoms with Gasteiger partial charge in [0.25, 0.3) is 10.0 Å². The van der Waals surface area contributed by atoms with E-state index in [-0.39, 0.29) is 30.1 Å². The summed E-state index contributed by atoms with van der Waals surface area (Å²) in [7, 11) is -2.57. The lowest BCUT2D eigenvalue weighted by molar-refractivity contribution is 0.141. The predicted octanol–water partition coefficient (Wildman–Crippen LogP) is 3.09. The smallest absolute Gasteiger partial charge is 0.337 e. The molecule has 0 bridgehead atoms. The number of hydrogen-bond acceptors (Lipinski definition) is 8. The monoisotopic (exact) mass is 453 g/mol. The first-order valence-electron chi connectivity index (χ1n) is 9.80. The van der Waals surface area contributed by atoms with Gasteiger partial charge in [0, 0.05) is 18.1 Å². The molecule has 0 spiro atoms. The minimum absolute atomic E-state index is 0.0708. The maximum absolute atomic E-state index is 13.7. The summed E-state index contributed by atoms with van der Waals surface area (Å²) in [4.78, 5) is 4.46. The Kier molecular flexibility index (Phi) is 5.16. The van der Waals surface area contributed by atoms with Gasteiger partial charge in [0.2, 0.25) is 6.79 Å². The van der Waals surface area contributed by atoms with Crippen LogP contribution in [0.2, 0.25) is 0 Å². The first-order chi connectivity index (χ1) is 15.6. The number of nitrogens with zero attached hydrogens (tertiary/aromatic N) is 3. The summed E-state index contributed by atoms with van der Waals surface area (Å²) in [6.45, 7) is 0.588. The number of aromatic nitrogens is 3. The highest BCUT2D eigenvalue weighted by Gasteiger charge is 2.28. The zero-order chi connectivity index (χ0) is 22.1. The zero-order valence-electron chi connectivity index (χ0n) is 17.1. The highest BCUT2D eigenvalue weighted by molar-refractivity contribution is 7.90. The molecule has 3 aromatic carbocycles. The molecule has 0 aliphatic carbocycles. The summed E-state index contributed by atoms with van der Waals surface area (Å²) >= 11 is 0. The van der Waals surface area contributed by atoms with Gasteiger partial charge in [-0.05, 0) is 29.7 Å². The average Bonchev–Trinajstić information content (AvgIpc) is 3.46. The summed E-state index contributed by atoms with van der Waals surface area (Å²) in [5.41, 5.74) is 0.493. The van der Waals surface area contributed by atoms with Crippen molar-refractivity contribution >= 4 is 20.8 Å². The van der Waals surface area contributed by atoms with Gasteiger partial charge in [0.15, 0.2) is 17.3 Å². The highest BCUT2D eigenvalue weighted by Crippen LogP contribution is 2.37. The molecule has 2 heterocycles. The van der Waals surface area contributed by atoms with E-state index in [0.29, 0.717) is 29.1 Å². The Morgan fingerprint density at radius 3 is 2.69 bits per heavy atom. The number of benzene rings is 3. The van der Waals surface area contributed by atoms with Crippen LogP contribution >= 0.6 is 0 Å². The molecule has 0 radical (unpaired) electrons. The van der Waals surface area contributed by atoms with E-state index in [4.69, 9.17) is 18.9 Å². The summed E-state index contributed by atoms with van der Waals surface area (Å²) < 4.78 is 49.7. The van der Waals surface area contributed by atoms with Crippen molar-refractivity contribution in [2.75, 3.05) is 27.1 Å². The fourth-order valence-electron chi connectivity index (χ4n) is 3.45. The van der Waals surface area contributed by atoms with Crippen LogP contribution in [0.5, 0.6) is 17.5 Å². The van der Waals surface area contributed by atoms with E-state index in [2.05, 4.69) is 10.1 Å². The fourth-order valence-corrected chi connectivity index (χ4v) is 4.90. The third kappa shape index (κ3) is 3.53. The molecular weight excluding hydrogens is 434 g/mol. The zero-order valence-corrected chi connectivity index (χ0v) is 17.9. The minimum atomic E-state index is -4.11. The van der Waals surface area contributed by atoms with E-state index >= 15 is 0 Å². The minimum Gasteiger partial charge on any atom is -0.460 e. The Labute approximate surface area is 184 Å². The summed E-state index contributed by atoms with van der Waals surface area (Å²) in [6, 6.07) is 17.4. The van der Waals surface area contributed by atoms with Crippen LogP contribution in [0.1, 0.15) is 0 Å². The van der Waals surface area contributed by atoms with Crippen LogP contribution in [-0.2, 0) is 14.8 Å². The molecule has 32 heavy (non-hydrogen) atoms. The largest absolute Gasteiger partial charge is 0.460 e. The molecule has 1 aliphatic heterocycles. The summed E-state index contributed by atoms with van der Waals surface area (Å²) in [5.74, 6) is 1.18. The SMILES string of the molecule is COCCOc1nc(-c2ccc3c(c2)OCO3)n(S(=O)(=O)c2cccc3ccccc23)n1. The number of rotatable bonds is 7. The molecule has 0 fully saturated rings. The fraction of sp³-hybridized carbons (Fsp3) is 0.182. The van der Waals surface area contributed by atoms with Gasteiger partial charge in [-0.15, -0.1) is 4.09 Å². The molecule has 0 unspecified atom stereocenters. The van der Waals surface area contributed by atoms with Gasteiger partial charge >= 0.3 is 6.01 Å². The Hall–Kier alpha value is -3.63. The molecule has 5 rings (SSSR count). The van der Waals surface area contributed by atoms with Crippen molar-refractivity contribution < 1.29 is 27.4 Å². The second-order valence-corrected chi connectivity index (χ2v) is 8.69. The maximum Gasteiger partial charge on any atom is 0.337 e. The van der Waals surface area contributed by atoms with E-state index in [9.17, 15) is 8.42 Å². The van der Waals surface area contributed by atoms with Crippen molar-refractivity contribution in [1.29, 1.82) is 0 Å². The lowest BCUT2D eigenvalue weighted by Crippen LogP contribution is -2.16. The van der Waals surface area contributed by atoms with E-state index in [1.165, 1.54) is 0 Å². The van der Waals surface area contributed by atoms with E-state index in [1.807, 2.05) is 18.2 Å². The van der Waals surface area contributed by atoms with E-state index in [0.717, 1.165) is 9.47 Å². The van der Waals surface area contributed by atoms with Crippen LogP contribution in [0.4, 0.5) is 0 Å². The molecule has 0 amide bonds. The van der Waals surface area contributed by atoms with Gasteiger partial charge in [-0.25, -0.2) is 0 Å². The molecule has 0 saturated heterocycles. The number of fused-ring (bicyclic) bond motifs is 2. The van der Waals surface area contributed by atoms with Gasteiger partial charge < -0.3 is 18.9 Å². The quantitative estimate of drug-likeness (QED) is 0.394. The Morgan fingerprint density at radius 2 is 1.81 bits per heavy atom. The predicted molar refractivity (Wildman–Crippen MR) is 115 cm³/mol. The van der Waals surface area contributed by atoms with Gasteiger partial charge in [0.05, 0.1) is 11.5 Å². The van der Waals surface area contributed by atoms with Crippen molar-refractivity contribution in [3.8, 4) is 28.9 Å². The van der Waals surface area contributed by atoms with Crippen molar-refractivity contribution in [1.82, 2.24) is 14.2 Å². The van der Waals surface area contributed by atoms with Crippen molar-refractivity contribution in [3.63, 3.8) is 0 Å². The third-order valence-corrected chi connectivity index (χ3v) is 6.59. The Balaban J connectivity index is 1.66. The Bertz CT molecular complexity index is 1390. The molecule has 9 nitrogen and oxygen atoms in total. The molecule has 0 atom stereocenters. The van der Waals surface area contributed by atoms with Crippen LogP contribution < -0.4 is 14.2 Å². The van der Waals surface area contributed by atoms with Gasteiger partial charge in [-0.3, -0.25) is 0 Å². The average molecular weight is 453 g/mol. The van der Waals surface area contributed by atoms with Crippen LogP contribution in [0, 0.1) is 0 Å². The van der Waals surface area contributed by atoms with Crippen LogP contribution in [0.15, 0.2) is 65.6 Å². The van der Waals surface area contributed by atoms with Crippen LogP contribution in [0.3, 0.4) is 0 Å². The van der Waals surface area contributed by atoms with E-state index < -0.39 is 10.0 Å². The van der Waals surface area contributed by atoms with Crippen LogP contribution in [-0.4, -0.2) is 49.7 Å². The molecule has 0 N–H and O–H groups in total. The first kappa shape index (κ1) is 20.3. The molecule has 164 valence electrons. The standard InChI is InChI=1S/C22H19N3O6S/c1-28-11-12-29-22-23-21(16-9-10-18-19(13-16)31-14-30-18)25(24-22)32(26,27)20-8-4-6-15-5-2-3-7-17(15)20/h2-10,13H,11-12,14H2,1H3. The number of hydrogen-bond donors (Lipinski definition) is 0. The van der Waals surface area contributed by atoms with Crippen molar-refractivity contribution in [3.05, 3.63) is 60.7 Å². The Morgan fingerprint density at radius 1 is 1.00 bits per heavy atom. The lowest BCUT2D eigenvalue weighted by Gasteiger charge is -2.10. The molecular formula is C22H19N3O6S. The van der Waals surface area contributed by atoms with E-state index in [1.54, 1.807) is 49.6 Å². The molecule has 1 aliphatic rings. The molecule has 1 aromatic heterocycles. The lowest BCUT2D eigenvalue weighted by atomic mass is 10.1. The molecule has 10 heteroatoms. The number of ether oxygens (including phenoxy) is 4. The maximum atomic E-state index is 13.7. The second-order valence-electron chi connectivity index (χ2n) is 6.95. The highest BCUT2D eigenvalue weighted by atomic mass is 32.2. The van der Waals surface area contributed by atoms with Crippen molar-refractivity contribution in [2.24, 2.45) is 0 Å². The van der Waals surface area contributed by atoms with Gasteiger partial charge in [-0.1, -0.05) is 41.5 Å². The van der Waals surface area contributed by atoms with Crippen molar-refractivity contribution in [2.45, 2.75) is 4.90 Å². The molecule has 4 aromatic rings. The normalized spacial score (nSPS) is 12.9. The first-order valence-corrected chi connectivity index (χ1v) is 11.2. The summed E-state index contributed by atoms with van der Waals surface area (Å²) in [5, 5.41) is 5.56. The van der Waals surface area contributed by atoms with Gasteiger partial charge in [-0.2, -0.15) is 13.4 Å². The summed E-state index contributed by atoms with van der Waals surface area (Å²) in [6.07, 6.45) is 0. The van der Waals surface area contributed by atoms with Gasteiger partial charge in [0.1, 0.15) is 6.61 Å². The van der Waals surface area contributed by atoms with Crippen LogP contribution in [0.25, 0.3) is 22.2 Å². The third-order valence-electron chi connectivity index (χ3n) is 4.96.